The molecule has 2 heterocycles. The third-order valence-electron chi connectivity index (χ3n) is 4.28. The molecule has 0 unspecified atom stereocenters. The number of methoxy groups -OCH3 is 2. The number of aromatic nitrogens is 2. The van der Waals surface area contributed by atoms with Gasteiger partial charge in [-0.3, -0.25) is 9.78 Å². The summed E-state index contributed by atoms with van der Waals surface area (Å²) in [6, 6.07) is 11.5. The van der Waals surface area contributed by atoms with Gasteiger partial charge in [0.25, 0.3) is 0 Å². The summed E-state index contributed by atoms with van der Waals surface area (Å²) in [5.74, 6) is 1.37. The second-order valence-electron chi connectivity index (χ2n) is 6.21. The summed E-state index contributed by atoms with van der Waals surface area (Å²) in [5, 5.41) is 3.81. The van der Waals surface area contributed by atoms with Gasteiger partial charge in [0.15, 0.2) is 11.5 Å². The number of pyridine rings is 1. The molecule has 0 aliphatic carbocycles. The Hall–Kier alpha value is -2.93. The van der Waals surface area contributed by atoms with Crippen LogP contribution in [-0.4, -0.2) is 36.6 Å². The van der Waals surface area contributed by atoms with Crippen LogP contribution in [0.25, 0.3) is 10.7 Å². The van der Waals surface area contributed by atoms with Gasteiger partial charge in [-0.2, -0.15) is 0 Å². The molecule has 1 aromatic carbocycles. The summed E-state index contributed by atoms with van der Waals surface area (Å²) in [7, 11) is 3.22. The second-order valence-corrected chi connectivity index (χ2v) is 7.29. The van der Waals surface area contributed by atoms with Gasteiger partial charge in [0.2, 0.25) is 5.91 Å². The van der Waals surface area contributed by atoms with Crippen molar-refractivity contribution in [3.05, 3.63) is 58.7 Å². The van der Waals surface area contributed by atoms with Crippen LogP contribution in [0.1, 0.15) is 16.1 Å². The number of carbonyl (C=O) groups is 1. The van der Waals surface area contributed by atoms with Crippen LogP contribution in [0.2, 0.25) is 0 Å². The van der Waals surface area contributed by atoms with Crippen molar-refractivity contribution in [3.63, 3.8) is 0 Å². The molecule has 0 spiro atoms. The van der Waals surface area contributed by atoms with E-state index in [0.29, 0.717) is 30.9 Å². The number of thiazole rings is 1. The zero-order chi connectivity index (χ0) is 19.9. The van der Waals surface area contributed by atoms with E-state index in [0.717, 1.165) is 26.8 Å². The second kappa shape index (κ2) is 9.32. The Labute approximate surface area is 168 Å². The Kier molecular flexibility index (Phi) is 6.60. The number of nitrogens with zero attached hydrogens (tertiary/aromatic N) is 2. The highest BCUT2D eigenvalue weighted by molar-refractivity contribution is 7.15. The first kappa shape index (κ1) is 19.8. The van der Waals surface area contributed by atoms with Crippen molar-refractivity contribution in [2.45, 2.75) is 19.8 Å². The minimum absolute atomic E-state index is 0.0141. The van der Waals surface area contributed by atoms with Crippen molar-refractivity contribution < 1.29 is 14.3 Å². The number of amides is 1. The number of nitrogens with one attached hydrogen (secondary N) is 1. The molecular weight excluding hydrogens is 374 g/mol. The van der Waals surface area contributed by atoms with Crippen molar-refractivity contribution in [1.82, 2.24) is 15.3 Å². The van der Waals surface area contributed by atoms with E-state index in [9.17, 15) is 4.79 Å². The van der Waals surface area contributed by atoms with E-state index in [1.807, 2.05) is 43.3 Å². The lowest BCUT2D eigenvalue weighted by Crippen LogP contribution is -2.27. The fraction of sp³-hybridized carbons (Fsp3) is 0.286. The molecule has 0 aliphatic rings. The lowest BCUT2D eigenvalue weighted by Gasteiger charge is -2.10. The maximum atomic E-state index is 12.3. The quantitative estimate of drug-likeness (QED) is 0.630. The largest absolute Gasteiger partial charge is 0.493 e. The molecule has 6 nitrogen and oxygen atoms in total. The molecule has 3 aromatic rings. The number of benzene rings is 1. The lowest BCUT2D eigenvalue weighted by molar-refractivity contribution is -0.120. The minimum atomic E-state index is -0.0141. The van der Waals surface area contributed by atoms with Crippen LogP contribution < -0.4 is 14.8 Å². The molecule has 28 heavy (non-hydrogen) atoms. The molecule has 1 N–H and O–H groups in total. The molecule has 3 rings (SSSR count). The molecule has 0 saturated carbocycles. The Morgan fingerprint density at radius 2 is 1.96 bits per heavy atom. The van der Waals surface area contributed by atoms with Crippen molar-refractivity contribution in [2.24, 2.45) is 0 Å². The molecule has 0 saturated heterocycles. The third kappa shape index (κ3) is 4.86. The first-order valence-corrected chi connectivity index (χ1v) is 9.77. The summed E-state index contributed by atoms with van der Waals surface area (Å²) < 4.78 is 10.6. The van der Waals surface area contributed by atoms with Gasteiger partial charge in [-0.1, -0.05) is 12.1 Å². The lowest BCUT2D eigenvalue weighted by atomic mass is 10.1. The Morgan fingerprint density at radius 3 is 2.68 bits per heavy atom. The first-order chi connectivity index (χ1) is 13.6. The smallest absolute Gasteiger partial charge is 0.225 e. The van der Waals surface area contributed by atoms with Crippen molar-refractivity contribution in [2.75, 3.05) is 20.8 Å². The van der Waals surface area contributed by atoms with Crippen LogP contribution in [0.4, 0.5) is 0 Å². The summed E-state index contributed by atoms with van der Waals surface area (Å²) in [4.78, 5) is 22.2. The van der Waals surface area contributed by atoms with E-state index < -0.39 is 0 Å². The van der Waals surface area contributed by atoms with Gasteiger partial charge in [0, 0.05) is 17.6 Å². The van der Waals surface area contributed by atoms with Crippen molar-refractivity contribution >= 4 is 17.2 Å². The average Bonchev–Trinajstić information content (AvgIpc) is 3.08. The van der Waals surface area contributed by atoms with E-state index in [-0.39, 0.29) is 5.91 Å². The summed E-state index contributed by atoms with van der Waals surface area (Å²) in [6.45, 7) is 2.48. The van der Waals surface area contributed by atoms with Gasteiger partial charge in [0.05, 0.1) is 32.0 Å². The molecule has 0 fully saturated rings. The van der Waals surface area contributed by atoms with Gasteiger partial charge in [0.1, 0.15) is 5.01 Å². The van der Waals surface area contributed by atoms with Crippen LogP contribution in [0.5, 0.6) is 11.5 Å². The number of ether oxygens (including phenoxy) is 2. The van der Waals surface area contributed by atoms with Crippen LogP contribution >= 0.6 is 11.3 Å². The topological polar surface area (TPSA) is 73.3 Å². The van der Waals surface area contributed by atoms with Crippen LogP contribution in [0, 0.1) is 6.92 Å². The Morgan fingerprint density at radius 1 is 1.14 bits per heavy atom. The zero-order valence-corrected chi connectivity index (χ0v) is 17.0. The average molecular weight is 398 g/mol. The predicted octanol–water partition coefficient (Wildman–Crippen LogP) is 3.43. The fourth-order valence-electron chi connectivity index (χ4n) is 2.78. The number of aryl methyl sites for hydroxylation is 1. The van der Waals surface area contributed by atoms with Gasteiger partial charge in [-0.15, -0.1) is 11.3 Å². The molecule has 0 atom stereocenters. The fourth-order valence-corrected chi connectivity index (χ4v) is 3.82. The van der Waals surface area contributed by atoms with E-state index in [1.165, 1.54) is 11.3 Å². The summed E-state index contributed by atoms with van der Waals surface area (Å²) >= 11 is 1.51. The normalized spacial score (nSPS) is 10.5. The highest BCUT2D eigenvalue weighted by Gasteiger charge is 2.13. The minimum Gasteiger partial charge on any atom is -0.493 e. The highest BCUT2D eigenvalue weighted by atomic mass is 32.1. The molecule has 1 amide bonds. The van der Waals surface area contributed by atoms with E-state index in [2.05, 4.69) is 15.3 Å². The van der Waals surface area contributed by atoms with Gasteiger partial charge < -0.3 is 14.8 Å². The number of carbonyl (C=O) groups excluding carboxylic acids is 1. The van der Waals surface area contributed by atoms with Gasteiger partial charge in [-0.25, -0.2) is 4.98 Å². The maximum Gasteiger partial charge on any atom is 0.225 e. The standard InChI is InChI=1S/C21H23N3O3S/c1-14-19(28-21(24-14)16-6-4-5-10-22-16)13-20(25)23-11-9-15-7-8-17(26-2)18(12-15)27-3/h4-8,10,12H,9,11,13H2,1-3H3,(H,23,25). The molecule has 0 bridgehead atoms. The van der Waals surface area contributed by atoms with Crippen molar-refractivity contribution in [1.29, 1.82) is 0 Å². The first-order valence-electron chi connectivity index (χ1n) is 8.96. The van der Waals surface area contributed by atoms with E-state index in [1.54, 1.807) is 20.4 Å². The summed E-state index contributed by atoms with van der Waals surface area (Å²) in [5.41, 5.74) is 2.78. The van der Waals surface area contributed by atoms with Crippen LogP contribution in [-0.2, 0) is 17.6 Å². The molecular formula is C21H23N3O3S. The van der Waals surface area contributed by atoms with Crippen LogP contribution in [0.15, 0.2) is 42.6 Å². The molecule has 2 aromatic heterocycles. The number of hydrogen-bond donors (Lipinski definition) is 1. The number of rotatable bonds is 8. The molecule has 0 radical (unpaired) electrons. The number of hydrogen-bond acceptors (Lipinski definition) is 6. The van der Waals surface area contributed by atoms with Crippen LogP contribution in [0.3, 0.4) is 0 Å². The SMILES string of the molecule is COc1ccc(CCNC(=O)Cc2sc(-c3ccccn3)nc2C)cc1OC. The molecule has 0 aliphatic heterocycles. The zero-order valence-electron chi connectivity index (χ0n) is 16.2. The maximum absolute atomic E-state index is 12.3. The van der Waals surface area contributed by atoms with E-state index in [4.69, 9.17) is 9.47 Å². The molecule has 7 heteroatoms. The highest BCUT2D eigenvalue weighted by Crippen LogP contribution is 2.28. The van der Waals surface area contributed by atoms with E-state index >= 15 is 0 Å². The molecule has 146 valence electrons. The monoisotopic (exact) mass is 397 g/mol. The summed E-state index contributed by atoms with van der Waals surface area (Å²) in [6.07, 6.45) is 2.78. The Balaban J connectivity index is 1.54. The Bertz CT molecular complexity index is 941. The van der Waals surface area contributed by atoms with Gasteiger partial charge in [-0.05, 0) is 43.2 Å². The predicted molar refractivity (Wildman–Crippen MR) is 110 cm³/mol. The van der Waals surface area contributed by atoms with Crippen molar-refractivity contribution in [3.8, 4) is 22.2 Å². The third-order valence-corrected chi connectivity index (χ3v) is 5.46. The van der Waals surface area contributed by atoms with Gasteiger partial charge >= 0.3 is 0 Å².